The Bertz CT molecular complexity index is 535. The van der Waals surface area contributed by atoms with Crippen molar-refractivity contribution in [3.63, 3.8) is 0 Å². The molecule has 1 aromatic carbocycles. The molecule has 0 radical (unpaired) electrons. The van der Waals surface area contributed by atoms with E-state index in [1.807, 2.05) is 0 Å². The predicted molar refractivity (Wildman–Crippen MR) is 73.5 cm³/mol. The van der Waals surface area contributed by atoms with Gasteiger partial charge in [-0.25, -0.2) is 9.18 Å². The molecule has 0 N–H and O–H groups in total. The number of carbonyl (C=O) groups excluding carboxylic acids is 2. The molecule has 20 heavy (non-hydrogen) atoms. The lowest BCUT2D eigenvalue weighted by atomic mass is 10.1. The van der Waals surface area contributed by atoms with Crippen LogP contribution in [0.1, 0.15) is 23.7 Å². The van der Waals surface area contributed by atoms with Crippen LogP contribution in [-0.4, -0.2) is 30.9 Å². The van der Waals surface area contributed by atoms with E-state index in [4.69, 9.17) is 16.3 Å². The molecule has 0 aliphatic carbocycles. The first-order valence-corrected chi connectivity index (χ1v) is 6.93. The quantitative estimate of drug-likeness (QED) is 0.634. The molecular weight excluding hydrogens is 285 g/mol. The number of ether oxygens (including phenoxy) is 1. The number of hydrogen-bond acceptors (Lipinski definition) is 3. The third kappa shape index (κ3) is 2.93. The van der Waals surface area contributed by atoms with E-state index in [0.29, 0.717) is 24.5 Å². The van der Waals surface area contributed by atoms with Gasteiger partial charge in [-0.2, -0.15) is 0 Å². The molecule has 1 aliphatic rings. The van der Waals surface area contributed by atoms with Crippen molar-refractivity contribution in [2.75, 3.05) is 23.9 Å². The van der Waals surface area contributed by atoms with Gasteiger partial charge < -0.3 is 9.64 Å². The Morgan fingerprint density at radius 1 is 1.55 bits per heavy atom. The molecule has 1 amide bonds. The SMILES string of the molecule is CCOC(=O)c1cc(F)ccc1N1CC(CCl)CC1=O. The number of carbonyl (C=O) groups is 2. The zero-order valence-electron chi connectivity index (χ0n) is 11.1. The van der Waals surface area contributed by atoms with Crippen molar-refractivity contribution in [3.05, 3.63) is 29.6 Å². The van der Waals surface area contributed by atoms with Gasteiger partial charge >= 0.3 is 5.97 Å². The Hall–Kier alpha value is -1.62. The number of hydrogen-bond donors (Lipinski definition) is 0. The number of anilines is 1. The minimum Gasteiger partial charge on any atom is -0.462 e. The van der Waals surface area contributed by atoms with Crippen LogP contribution < -0.4 is 4.90 Å². The smallest absolute Gasteiger partial charge is 0.340 e. The zero-order valence-corrected chi connectivity index (χ0v) is 11.8. The van der Waals surface area contributed by atoms with Gasteiger partial charge in [0.15, 0.2) is 0 Å². The van der Waals surface area contributed by atoms with Crippen molar-refractivity contribution in [2.45, 2.75) is 13.3 Å². The topological polar surface area (TPSA) is 46.6 Å². The van der Waals surface area contributed by atoms with Crippen molar-refractivity contribution < 1.29 is 18.7 Å². The molecular formula is C14H15ClFNO3. The number of amides is 1. The van der Waals surface area contributed by atoms with E-state index < -0.39 is 11.8 Å². The van der Waals surface area contributed by atoms with Crippen LogP contribution in [0.15, 0.2) is 18.2 Å². The molecule has 1 fully saturated rings. The van der Waals surface area contributed by atoms with Crippen LogP contribution in [0.2, 0.25) is 0 Å². The number of rotatable bonds is 4. The summed E-state index contributed by atoms with van der Waals surface area (Å²) >= 11 is 5.77. The highest BCUT2D eigenvalue weighted by Gasteiger charge is 2.32. The minimum absolute atomic E-state index is 0.0456. The second kappa shape index (κ2) is 6.22. The summed E-state index contributed by atoms with van der Waals surface area (Å²) in [5.74, 6) is -0.878. The summed E-state index contributed by atoms with van der Waals surface area (Å²) in [5, 5.41) is 0. The van der Waals surface area contributed by atoms with E-state index in [1.54, 1.807) is 6.92 Å². The van der Waals surface area contributed by atoms with Crippen LogP contribution in [0.3, 0.4) is 0 Å². The first-order valence-electron chi connectivity index (χ1n) is 6.39. The van der Waals surface area contributed by atoms with Crippen molar-refractivity contribution in [1.29, 1.82) is 0 Å². The summed E-state index contributed by atoms with van der Waals surface area (Å²) in [4.78, 5) is 25.3. The van der Waals surface area contributed by atoms with Gasteiger partial charge in [-0.1, -0.05) is 0 Å². The molecule has 1 atom stereocenters. The maximum atomic E-state index is 13.3. The molecule has 1 heterocycles. The first kappa shape index (κ1) is 14.8. The Morgan fingerprint density at radius 3 is 2.90 bits per heavy atom. The maximum Gasteiger partial charge on any atom is 0.340 e. The second-order valence-electron chi connectivity index (χ2n) is 4.61. The molecule has 4 nitrogen and oxygen atoms in total. The third-order valence-corrected chi connectivity index (χ3v) is 3.60. The van der Waals surface area contributed by atoms with Crippen molar-refractivity contribution in [3.8, 4) is 0 Å². The monoisotopic (exact) mass is 299 g/mol. The molecule has 1 aromatic rings. The molecule has 0 aromatic heterocycles. The van der Waals surface area contributed by atoms with Gasteiger partial charge in [0.25, 0.3) is 0 Å². The molecule has 0 spiro atoms. The Balaban J connectivity index is 2.36. The summed E-state index contributed by atoms with van der Waals surface area (Å²) in [6.07, 6.45) is 0.336. The van der Waals surface area contributed by atoms with Crippen LogP contribution in [-0.2, 0) is 9.53 Å². The van der Waals surface area contributed by atoms with Crippen LogP contribution in [0.4, 0.5) is 10.1 Å². The number of benzene rings is 1. The van der Waals surface area contributed by atoms with E-state index in [2.05, 4.69) is 0 Å². The molecule has 1 unspecified atom stereocenters. The summed E-state index contributed by atoms with van der Waals surface area (Å²) in [6, 6.07) is 3.74. The lowest BCUT2D eigenvalue weighted by Crippen LogP contribution is -2.27. The maximum absolute atomic E-state index is 13.3. The van der Waals surface area contributed by atoms with Gasteiger partial charge in [-0.3, -0.25) is 4.79 Å². The summed E-state index contributed by atoms with van der Waals surface area (Å²) in [7, 11) is 0. The van der Waals surface area contributed by atoms with Gasteiger partial charge in [0, 0.05) is 18.8 Å². The highest BCUT2D eigenvalue weighted by molar-refractivity contribution is 6.18. The van der Waals surface area contributed by atoms with Crippen molar-refractivity contribution in [2.24, 2.45) is 5.92 Å². The zero-order chi connectivity index (χ0) is 14.7. The number of nitrogens with zero attached hydrogens (tertiary/aromatic N) is 1. The molecule has 2 rings (SSSR count). The molecule has 1 aliphatic heterocycles. The fourth-order valence-electron chi connectivity index (χ4n) is 2.23. The first-order chi connectivity index (χ1) is 9.56. The van der Waals surface area contributed by atoms with Gasteiger partial charge in [0.2, 0.25) is 5.91 Å². The highest BCUT2D eigenvalue weighted by atomic mass is 35.5. The minimum atomic E-state index is -0.635. The average Bonchev–Trinajstić information content (AvgIpc) is 2.80. The summed E-state index contributed by atoms with van der Waals surface area (Å²) in [5.41, 5.74) is 0.442. The average molecular weight is 300 g/mol. The standard InChI is InChI=1S/C14H15ClFNO3/c1-2-20-14(19)11-6-10(16)3-4-12(11)17-8-9(7-15)5-13(17)18/h3-4,6,9H,2,5,7-8H2,1H3. The Kier molecular flexibility index (Phi) is 4.60. The predicted octanol–water partition coefficient (Wildman–Crippen LogP) is 2.59. The second-order valence-corrected chi connectivity index (χ2v) is 4.92. The summed E-state index contributed by atoms with van der Waals surface area (Å²) < 4.78 is 18.2. The van der Waals surface area contributed by atoms with Gasteiger partial charge in [0.05, 0.1) is 17.9 Å². The highest BCUT2D eigenvalue weighted by Crippen LogP contribution is 2.29. The van der Waals surface area contributed by atoms with Gasteiger partial charge in [-0.15, -0.1) is 11.6 Å². The molecule has 0 bridgehead atoms. The molecule has 108 valence electrons. The third-order valence-electron chi connectivity index (χ3n) is 3.17. The molecule has 1 saturated heterocycles. The normalized spacial score (nSPS) is 18.4. The number of halogens is 2. The van der Waals surface area contributed by atoms with Crippen LogP contribution in [0.5, 0.6) is 0 Å². The number of alkyl halides is 1. The van der Waals surface area contributed by atoms with E-state index in [-0.39, 0.29) is 24.0 Å². The van der Waals surface area contributed by atoms with Crippen molar-refractivity contribution in [1.82, 2.24) is 0 Å². The van der Waals surface area contributed by atoms with Crippen LogP contribution in [0.25, 0.3) is 0 Å². The lowest BCUT2D eigenvalue weighted by molar-refractivity contribution is -0.117. The summed E-state index contributed by atoms with van der Waals surface area (Å²) in [6.45, 7) is 2.29. The lowest BCUT2D eigenvalue weighted by Gasteiger charge is -2.19. The van der Waals surface area contributed by atoms with E-state index >= 15 is 0 Å². The van der Waals surface area contributed by atoms with Crippen LogP contribution in [0, 0.1) is 11.7 Å². The fourth-order valence-corrected chi connectivity index (χ4v) is 2.44. The molecule has 6 heteroatoms. The Morgan fingerprint density at radius 2 is 2.30 bits per heavy atom. The van der Waals surface area contributed by atoms with E-state index in [0.717, 1.165) is 6.07 Å². The van der Waals surface area contributed by atoms with Gasteiger partial charge in [0.1, 0.15) is 5.82 Å². The van der Waals surface area contributed by atoms with Gasteiger partial charge in [-0.05, 0) is 31.0 Å². The molecule has 0 saturated carbocycles. The Labute approximate surface area is 121 Å². The van der Waals surface area contributed by atoms with E-state index in [1.165, 1.54) is 17.0 Å². The van der Waals surface area contributed by atoms with Crippen molar-refractivity contribution >= 4 is 29.2 Å². The fraction of sp³-hybridized carbons (Fsp3) is 0.429. The van der Waals surface area contributed by atoms with E-state index in [9.17, 15) is 14.0 Å². The number of esters is 1. The van der Waals surface area contributed by atoms with Crippen LogP contribution >= 0.6 is 11.6 Å². The largest absolute Gasteiger partial charge is 0.462 e.